The van der Waals surface area contributed by atoms with Crippen LogP contribution in [0.3, 0.4) is 0 Å². The number of carbonyl (C=O) groups excluding carboxylic acids is 1. The number of nitrogens with zero attached hydrogens (tertiary/aromatic N) is 1. The van der Waals surface area contributed by atoms with Crippen LogP contribution in [-0.4, -0.2) is 43.3 Å². The van der Waals surface area contributed by atoms with Gasteiger partial charge >= 0.3 is 0 Å². The monoisotopic (exact) mass is 445 g/mol. The molecule has 0 radical (unpaired) electrons. The average Bonchev–Trinajstić information content (AvgIpc) is 3.22. The molecule has 1 amide bonds. The Balaban J connectivity index is 1.52. The van der Waals surface area contributed by atoms with Crippen molar-refractivity contribution in [2.45, 2.75) is 12.8 Å². The quantitative estimate of drug-likeness (QED) is 0.341. The standard InChI is InChI=1S/C26H27N3O4/c1-31-16-17-33-26-23(8-5-15-27-26)28-24(30)14-13-21-20-6-3-4-7-22(20)29-25(21)18-9-11-19(32-2)12-10-18/h3-12,15,29H,13-14,16-17H2,1-2H3,(H,28,30). The Morgan fingerprint density at radius 3 is 2.61 bits per heavy atom. The number of hydrogen-bond donors (Lipinski definition) is 2. The third-order valence-corrected chi connectivity index (χ3v) is 5.37. The van der Waals surface area contributed by atoms with Crippen LogP contribution in [0.1, 0.15) is 12.0 Å². The summed E-state index contributed by atoms with van der Waals surface area (Å²) in [5.41, 5.74) is 4.75. The van der Waals surface area contributed by atoms with Gasteiger partial charge in [-0.2, -0.15) is 0 Å². The summed E-state index contributed by atoms with van der Waals surface area (Å²) in [6.45, 7) is 0.801. The summed E-state index contributed by atoms with van der Waals surface area (Å²) < 4.78 is 15.9. The van der Waals surface area contributed by atoms with Gasteiger partial charge in [-0.3, -0.25) is 4.79 Å². The van der Waals surface area contributed by atoms with E-state index in [9.17, 15) is 4.79 Å². The number of anilines is 1. The molecule has 0 saturated carbocycles. The number of nitrogens with one attached hydrogen (secondary N) is 2. The van der Waals surface area contributed by atoms with E-state index < -0.39 is 0 Å². The van der Waals surface area contributed by atoms with E-state index in [1.165, 1.54) is 0 Å². The number of carbonyl (C=O) groups is 1. The molecule has 0 aliphatic heterocycles. The summed E-state index contributed by atoms with van der Waals surface area (Å²) >= 11 is 0. The number of aryl methyl sites for hydroxylation is 1. The Labute approximate surface area is 192 Å². The van der Waals surface area contributed by atoms with E-state index in [0.29, 0.717) is 37.6 Å². The predicted molar refractivity (Wildman–Crippen MR) is 129 cm³/mol. The molecular formula is C26H27N3O4. The number of pyridine rings is 1. The average molecular weight is 446 g/mol. The molecule has 4 aromatic rings. The van der Waals surface area contributed by atoms with Crippen molar-refractivity contribution in [2.24, 2.45) is 0 Å². The maximum absolute atomic E-state index is 12.8. The Morgan fingerprint density at radius 1 is 1.00 bits per heavy atom. The number of H-pyrrole nitrogens is 1. The highest BCUT2D eigenvalue weighted by molar-refractivity contribution is 5.94. The van der Waals surface area contributed by atoms with E-state index in [4.69, 9.17) is 14.2 Å². The van der Waals surface area contributed by atoms with Gasteiger partial charge in [-0.05, 0) is 60.0 Å². The van der Waals surface area contributed by atoms with E-state index in [1.807, 2.05) is 42.5 Å². The SMILES string of the molecule is COCCOc1ncccc1NC(=O)CCc1c(-c2ccc(OC)cc2)[nH]c2ccccc12. The smallest absolute Gasteiger partial charge is 0.237 e. The van der Waals surface area contributed by atoms with Crippen LogP contribution in [0.2, 0.25) is 0 Å². The second kappa shape index (κ2) is 10.7. The summed E-state index contributed by atoms with van der Waals surface area (Å²) in [6.07, 6.45) is 2.53. The molecule has 0 fully saturated rings. The summed E-state index contributed by atoms with van der Waals surface area (Å²) in [5.74, 6) is 1.08. The molecule has 2 heterocycles. The molecule has 0 spiro atoms. The molecule has 0 atom stereocenters. The van der Waals surface area contributed by atoms with Gasteiger partial charge in [-0.25, -0.2) is 4.98 Å². The minimum atomic E-state index is -0.106. The van der Waals surface area contributed by atoms with Crippen molar-refractivity contribution in [3.05, 3.63) is 72.4 Å². The number of aromatic amines is 1. The second-order valence-electron chi connectivity index (χ2n) is 7.50. The lowest BCUT2D eigenvalue weighted by Crippen LogP contribution is -2.15. The van der Waals surface area contributed by atoms with Gasteiger partial charge in [-0.15, -0.1) is 0 Å². The maximum atomic E-state index is 12.8. The first-order valence-electron chi connectivity index (χ1n) is 10.8. The van der Waals surface area contributed by atoms with Crippen LogP contribution < -0.4 is 14.8 Å². The highest BCUT2D eigenvalue weighted by Crippen LogP contribution is 2.32. The molecule has 0 aliphatic rings. The fraction of sp³-hybridized carbons (Fsp3) is 0.231. The third kappa shape index (κ3) is 5.32. The molecule has 0 aliphatic carbocycles. The van der Waals surface area contributed by atoms with Gasteiger partial charge < -0.3 is 24.5 Å². The Morgan fingerprint density at radius 2 is 1.82 bits per heavy atom. The predicted octanol–water partition coefficient (Wildman–Crippen LogP) is 4.84. The van der Waals surface area contributed by atoms with E-state index in [2.05, 4.69) is 21.4 Å². The summed E-state index contributed by atoms with van der Waals surface area (Å²) in [5, 5.41) is 4.04. The van der Waals surface area contributed by atoms with Crippen molar-refractivity contribution in [3.63, 3.8) is 0 Å². The van der Waals surface area contributed by atoms with Crippen LogP contribution in [0.5, 0.6) is 11.6 Å². The van der Waals surface area contributed by atoms with Crippen LogP contribution in [-0.2, 0) is 16.0 Å². The Bertz CT molecular complexity index is 1220. The minimum Gasteiger partial charge on any atom is -0.497 e. The first kappa shape index (κ1) is 22.4. The number of aromatic nitrogens is 2. The molecule has 33 heavy (non-hydrogen) atoms. The van der Waals surface area contributed by atoms with Crippen molar-refractivity contribution in [3.8, 4) is 22.9 Å². The number of hydrogen-bond acceptors (Lipinski definition) is 5. The lowest BCUT2D eigenvalue weighted by Gasteiger charge is -2.11. The van der Waals surface area contributed by atoms with Gasteiger partial charge in [0.2, 0.25) is 11.8 Å². The maximum Gasteiger partial charge on any atom is 0.237 e. The number of fused-ring (bicyclic) bond motifs is 1. The van der Waals surface area contributed by atoms with Gasteiger partial charge in [0.25, 0.3) is 0 Å². The van der Waals surface area contributed by atoms with Gasteiger partial charge in [0.15, 0.2) is 0 Å². The van der Waals surface area contributed by atoms with Crippen molar-refractivity contribution >= 4 is 22.5 Å². The second-order valence-corrected chi connectivity index (χ2v) is 7.50. The van der Waals surface area contributed by atoms with E-state index in [-0.39, 0.29) is 5.91 Å². The molecule has 4 rings (SSSR count). The zero-order valence-electron chi connectivity index (χ0n) is 18.8. The lowest BCUT2D eigenvalue weighted by atomic mass is 10.0. The van der Waals surface area contributed by atoms with Crippen LogP contribution in [0, 0.1) is 0 Å². The minimum absolute atomic E-state index is 0.106. The van der Waals surface area contributed by atoms with Crippen molar-refractivity contribution in [1.82, 2.24) is 9.97 Å². The van der Waals surface area contributed by atoms with Gasteiger partial charge in [0.1, 0.15) is 18.0 Å². The molecule has 170 valence electrons. The number of amides is 1. The zero-order valence-corrected chi connectivity index (χ0v) is 18.8. The summed E-state index contributed by atoms with van der Waals surface area (Å²) in [6, 6.07) is 19.6. The zero-order chi connectivity index (χ0) is 23.0. The summed E-state index contributed by atoms with van der Waals surface area (Å²) in [4.78, 5) is 20.5. The molecule has 0 bridgehead atoms. The van der Waals surface area contributed by atoms with E-state index in [0.717, 1.165) is 33.5 Å². The topological polar surface area (TPSA) is 85.5 Å². The van der Waals surface area contributed by atoms with Crippen molar-refractivity contribution in [1.29, 1.82) is 0 Å². The highest BCUT2D eigenvalue weighted by atomic mass is 16.5. The molecule has 2 aromatic heterocycles. The van der Waals surface area contributed by atoms with Crippen LogP contribution in [0.4, 0.5) is 5.69 Å². The molecule has 2 aromatic carbocycles. The van der Waals surface area contributed by atoms with Crippen molar-refractivity contribution < 1.29 is 19.0 Å². The lowest BCUT2D eigenvalue weighted by molar-refractivity contribution is -0.116. The number of rotatable bonds is 10. The fourth-order valence-corrected chi connectivity index (χ4v) is 3.74. The molecular weight excluding hydrogens is 418 g/mol. The number of methoxy groups -OCH3 is 2. The summed E-state index contributed by atoms with van der Waals surface area (Å²) in [7, 11) is 3.26. The number of benzene rings is 2. The third-order valence-electron chi connectivity index (χ3n) is 5.37. The molecule has 2 N–H and O–H groups in total. The van der Waals surface area contributed by atoms with E-state index >= 15 is 0 Å². The molecule has 7 nitrogen and oxygen atoms in total. The number of ether oxygens (including phenoxy) is 3. The van der Waals surface area contributed by atoms with Crippen LogP contribution in [0.15, 0.2) is 66.9 Å². The van der Waals surface area contributed by atoms with E-state index in [1.54, 1.807) is 32.5 Å². The largest absolute Gasteiger partial charge is 0.497 e. The Hall–Kier alpha value is -3.84. The Kier molecular flexibility index (Phi) is 7.22. The van der Waals surface area contributed by atoms with Gasteiger partial charge in [0.05, 0.1) is 13.7 Å². The molecule has 0 saturated heterocycles. The van der Waals surface area contributed by atoms with Crippen molar-refractivity contribution in [2.75, 3.05) is 32.8 Å². The first-order valence-corrected chi connectivity index (χ1v) is 10.8. The number of para-hydroxylation sites is 1. The normalized spacial score (nSPS) is 10.8. The van der Waals surface area contributed by atoms with Gasteiger partial charge in [0, 0.05) is 36.3 Å². The van der Waals surface area contributed by atoms with Gasteiger partial charge in [-0.1, -0.05) is 18.2 Å². The molecule has 7 heteroatoms. The van der Waals surface area contributed by atoms with Crippen LogP contribution >= 0.6 is 0 Å². The highest BCUT2D eigenvalue weighted by Gasteiger charge is 2.16. The fourth-order valence-electron chi connectivity index (χ4n) is 3.74. The van der Waals surface area contributed by atoms with Crippen LogP contribution in [0.25, 0.3) is 22.2 Å². The molecule has 0 unspecified atom stereocenters. The first-order chi connectivity index (χ1) is 16.2.